The Balaban J connectivity index is 1.85. The third kappa shape index (κ3) is 4.48. The number of ether oxygens (including phenoxy) is 1. The molecular formula is C15H17NO2S. The molecule has 0 spiro atoms. The Hall–Kier alpha value is -1.68. The number of benzene rings is 1. The van der Waals surface area contributed by atoms with E-state index in [9.17, 15) is 4.79 Å². The number of esters is 1. The highest BCUT2D eigenvalue weighted by Crippen LogP contribution is 2.14. The Bertz CT molecular complexity index is 522. The molecule has 0 aliphatic carbocycles. The first-order chi connectivity index (χ1) is 9.28. The maximum Gasteiger partial charge on any atom is 0.311 e. The summed E-state index contributed by atoms with van der Waals surface area (Å²) < 4.78 is 4.91. The summed E-state index contributed by atoms with van der Waals surface area (Å²) in [7, 11) is 0. The van der Waals surface area contributed by atoms with E-state index in [1.807, 2.05) is 30.5 Å². The van der Waals surface area contributed by atoms with E-state index in [-0.39, 0.29) is 12.4 Å². The van der Waals surface area contributed by atoms with E-state index in [2.05, 4.69) is 17.1 Å². The molecule has 100 valence electrons. The van der Waals surface area contributed by atoms with Crippen molar-refractivity contribution in [1.29, 1.82) is 0 Å². The average Bonchev–Trinajstić information content (AvgIpc) is 2.85. The molecule has 0 aliphatic heterocycles. The smallest absolute Gasteiger partial charge is 0.311 e. The van der Waals surface area contributed by atoms with Gasteiger partial charge in [-0.25, -0.2) is 4.98 Å². The van der Waals surface area contributed by atoms with Crippen molar-refractivity contribution in [3.63, 3.8) is 0 Å². The summed E-state index contributed by atoms with van der Waals surface area (Å²) in [6.07, 6.45) is 2.17. The van der Waals surface area contributed by atoms with Crippen LogP contribution in [0.5, 0.6) is 0 Å². The Morgan fingerprint density at radius 3 is 2.79 bits per heavy atom. The molecule has 2 aromatic rings. The summed E-state index contributed by atoms with van der Waals surface area (Å²) in [5.74, 6) is -0.206. The Morgan fingerprint density at radius 1 is 1.26 bits per heavy atom. The van der Waals surface area contributed by atoms with Crippen LogP contribution < -0.4 is 0 Å². The number of carbonyl (C=O) groups excluding carboxylic acids is 1. The van der Waals surface area contributed by atoms with Gasteiger partial charge in [-0.05, 0) is 18.9 Å². The van der Waals surface area contributed by atoms with Gasteiger partial charge < -0.3 is 4.74 Å². The molecule has 0 aliphatic rings. The lowest BCUT2D eigenvalue weighted by molar-refractivity contribution is -0.142. The minimum Gasteiger partial charge on any atom is -0.466 e. The van der Waals surface area contributed by atoms with Gasteiger partial charge in [-0.1, -0.05) is 30.3 Å². The highest BCUT2D eigenvalue weighted by Gasteiger charge is 2.08. The van der Waals surface area contributed by atoms with Gasteiger partial charge >= 0.3 is 5.97 Å². The van der Waals surface area contributed by atoms with Crippen LogP contribution in [0.1, 0.15) is 23.2 Å². The van der Waals surface area contributed by atoms with Crippen LogP contribution in [0.2, 0.25) is 0 Å². The van der Waals surface area contributed by atoms with Crippen molar-refractivity contribution in [3.05, 3.63) is 52.0 Å². The van der Waals surface area contributed by atoms with Gasteiger partial charge in [0, 0.05) is 11.8 Å². The van der Waals surface area contributed by atoms with Crippen LogP contribution in [0.25, 0.3) is 0 Å². The van der Waals surface area contributed by atoms with Gasteiger partial charge in [0.1, 0.15) is 0 Å². The van der Waals surface area contributed by atoms with Crippen LogP contribution in [0.3, 0.4) is 0 Å². The Labute approximate surface area is 117 Å². The molecule has 2 rings (SSSR count). The number of aryl methyl sites for hydroxylation is 2. The average molecular weight is 275 g/mol. The van der Waals surface area contributed by atoms with E-state index < -0.39 is 0 Å². The highest BCUT2D eigenvalue weighted by atomic mass is 32.1. The molecule has 19 heavy (non-hydrogen) atoms. The molecule has 3 nitrogen and oxygen atoms in total. The van der Waals surface area contributed by atoms with Crippen LogP contribution in [0.4, 0.5) is 0 Å². The molecule has 1 aromatic heterocycles. The van der Waals surface area contributed by atoms with Crippen molar-refractivity contribution in [2.45, 2.75) is 26.2 Å². The maximum atomic E-state index is 11.3. The summed E-state index contributed by atoms with van der Waals surface area (Å²) in [6.45, 7) is 2.23. The Morgan fingerprint density at radius 2 is 2.05 bits per heavy atom. The number of aromatic nitrogens is 1. The SMILES string of the molecule is CCOC(=O)Cc1csc(CCc2ccccc2)n1. The van der Waals surface area contributed by atoms with Gasteiger partial charge in [0.25, 0.3) is 0 Å². The van der Waals surface area contributed by atoms with Crippen molar-refractivity contribution < 1.29 is 9.53 Å². The van der Waals surface area contributed by atoms with Crippen LogP contribution in [0, 0.1) is 0 Å². The second-order valence-electron chi connectivity index (χ2n) is 4.20. The lowest BCUT2D eigenvalue weighted by Crippen LogP contribution is -2.07. The fourth-order valence-electron chi connectivity index (χ4n) is 1.80. The lowest BCUT2D eigenvalue weighted by atomic mass is 10.1. The summed E-state index contributed by atoms with van der Waals surface area (Å²) in [4.78, 5) is 15.8. The van der Waals surface area contributed by atoms with E-state index in [0.29, 0.717) is 6.61 Å². The second kappa shape index (κ2) is 7.04. The van der Waals surface area contributed by atoms with Gasteiger partial charge in [0.05, 0.1) is 23.7 Å². The van der Waals surface area contributed by atoms with Crippen LogP contribution in [-0.2, 0) is 28.8 Å². The number of carbonyl (C=O) groups is 1. The zero-order chi connectivity index (χ0) is 13.5. The van der Waals surface area contributed by atoms with Crippen LogP contribution in [0.15, 0.2) is 35.7 Å². The minimum atomic E-state index is -0.206. The van der Waals surface area contributed by atoms with E-state index in [0.717, 1.165) is 23.5 Å². The standard InChI is InChI=1S/C15H17NO2S/c1-2-18-15(17)10-13-11-19-14(16-13)9-8-12-6-4-3-5-7-12/h3-7,11H,2,8-10H2,1H3. The first kappa shape index (κ1) is 13.7. The molecule has 0 saturated carbocycles. The number of hydrogen-bond acceptors (Lipinski definition) is 4. The monoisotopic (exact) mass is 275 g/mol. The molecule has 0 saturated heterocycles. The predicted molar refractivity (Wildman–Crippen MR) is 76.3 cm³/mol. The molecule has 0 amide bonds. The number of nitrogens with zero attached hydrogens (tertiary/aromatic N) is 1. The summed E-state index contributed by atoms with van der Waals surface area (Å²) in [5, 5.41) is 3.01. The zero-order valence-corrected chi connectivity index (χ0v) is 11.8. The molecule has 0 fully saturated rings. The maximum absolute atomic E-state index is 11.3. The van der Waals surface area contributed by atoms with Gasteiger partial charge in [-0.2, -0.15) is 0 Å². The number of thiazole rings is 1. The summed E-state index contributed by atoms with van der Waals surface area (Å²) >= 11 is 1.61. The normalized spacial score (nSPS) is 10.4. The topological polar surface area (TPSA) is 39.2 Å². The van der Waals surface area contributed by atoms with Crippen molar-refractivity contribution >= 4 is 17.3 Å². The summed E-state index contributed by atoms with van der Waals surface area (Å²) in [6, 6.07) is 10.3. The van der Waals surface area contributed by atoms with Crippen molar-refractivity contribution in [1.82, 2.24) is 4.98 Å². The van der Waals surface area contributed by atoms with Crippen molar-refractivity contribution in [3.8, 4) is 0 Å². The fraction of sp³-hybridized carbons (Fsp3) is 0.333. The third-order valence-electron chi connectivity index (χ3n) is 2.70. The van der Waals surface area contributed by atoms with Gasteiger partial charge in [-0.3, -0.25) is 4.79 Å². The van der Waals surface area contributed by atoms with Crippen molar-refractivity contribution in [2.24, 2.45) is 0 Å². The predicted octanol–water partition coefficient (Wildman–Crippen LogP) is 3.03. The molecule has 1 aromatic carbocycles. The van der Waals surface area contributed by atoms with Crippen molar-refractivity contribution in [2.75, 3.05) is 6.61 Å². The lowest BCUT2D eigenvalue weighted by Gasteiger charge is -1.99. The largest absolute Gasteiger partial charge is 0.466 e. The van der Waals surface area contributed by atoms with Crippen LogP contribution >= 0.6 is 11.3 Å². The number of hydrogen-bond donors (Lipinski definition) is 0. The molecule has 0 N–H and O–H groups in total. The molecule has 0 unspecified atom stereocenters. The summed E-state index contributed by atoms with van der Waals surface area (Å²) in [5.41, 5.74) is 2.12. The van der Waals surface area contributed by atoms with E-state index in [1.54, 1.807) is 11.3 Å². The van der Waals surface area contributed by atoms with E-state index in [4.69, 9.17) is 4.74 Å². The molecule has 0 bridgehead atoms. The van der Waals surface area contributed by atoms with Gasteiger partial charge in [0.2, 0.25) is 0 Å². The molecule has 0 atom stereocenters. The number of rotatable bonds is 6. The molecule has 4 heteroatoms. The molecule has 1 heterocycles. The first-order valence-electron chi connectivity index (χ1n) is 6.40. The first-order valence-corrected chi connectivity index (χ1v) is 7.28. The highest BCUT2D eigenvalue weighted by molar-refractivity contribution is 7.09. The fourth-order valence-corrected chi connectivity index (χ4v) is 2.60. The van der Waals surface area contributed by atoms with E-state index in [1.165, 1.54) is 5.56 Å². The van der Waals surface area contributed by atoms with Crippen LogP contribution in [-0.4, -0.2) is 17.6 Å². The minimum absolute atomic E-state index is 0.206. The zero-order valence-electron chi connectivity index (χ0n) is 11.0. The quantitative estimate of drug-likeness (QED) is 0.761. The molecule has 0 radical (unpaired) electrons. The Kier molecular flexibility index (Phi) is 5.10. The molecular weight excluding hydrogens is 258 g/mol. The second-order valence-corrected chi connectivity index (χ2v) is 5.14. The third-order valence-corrected chi connectivity index (χ3v) is 3.66. The van der Waals surface area contributed by atoms with Gasteiger partial charge in [0.15, 0.2) is 0 Å². The van der Waals surface area contributed by atoms with E-state index >= 15 is 0 Å². The van der Waals surface area contributed by atoms with Gasteiger partial charge in [-0.15, -0.1) is 11.3 Å².